The van der Waals surface area contributed by atoms with Gasteiger partial charge in [-0.05, 0) is 12.1 Å². The molecule has 0 saturated heterocycles. The van der Waals surface area contributed by atoms with Crippen LogP contribution in [0.4, 0.5) is 0 Å². The van der Waals surface area contributed by atoms with Crippen molar-refractivity contribution >= 4 is 11.8 Å². The Morgan fingerprint density at radius 1 is 1.30 bits per heavy atom. The summed E-state index contributed by atoms with van der Waals surface area (Å²) >= 11 is 0. The molecule has 106 valence electrons. The summed E-state index contributed by atoms with van der Waals surface area (Å²) < 4.78 is 4.87. The van der Waals surface area contributed by atoms with Gasteiger partial charge in [0.2, 0.25) is 0 Å². The van der Waals surface area contributed by atoms with Gasteiger partial charge >= 0.3 is 0 Å². The van der Waals surface area contributed by atoms with Crippen LogP contribution in [-0.2, 0) is 4.74 Å². The molecule has 0 radical (unpaired) electrons. The topological polar surface area (TPSA) is 102 Å². The number of nitrogens with two attached hydrogens (primary N) is 2. The van der Waals surface area contributed by atoms with Crippen LogP contribution >= 0.6 is 0 Å². The maximum Gasteiger partial charge on any atom is 0.267 e. The maximum absolute atomic E-state index is 12.1. The lowest BCUT2D eigenvalue weighted by Gasteiger charge is -2.18. The molecule has 0 spiro atoms. The summed E-state index contributed by atoms with van der Waals surface area (Å²) in [7, 11) is 1.55. The number of methoxy groups -OCH3 is 1. The van der Waals surface area contributed by atoms with Gasteiger partial charge in [0.05, 0.1) is 30.5 Å². The lowest BCUT2D eigenvalue weighted by molar-refractivity contribution is 0.0698. The van der Waals surface area contributed by atoms with Gasteiger partial charge < -0.3 is 15.5 Å². The predicted octanol–water partition coefficient (Wildman–Crippen LogP) is -0.138. The van der Waals surface area contributed by atoms with Gasteiger partial charge in [-0.2, -0.15) is 0 Å². The molecule has 0 aromatic heterocycles. The van der Waals surface area contributed by atoms with E-state index in [9.17, 15) is 9.59 Å². The van der Waals surface area contributed by atoms with E-state index in [-0.39, 0.29) is 5.82 Å². The summed E-state index contributed by atoms with van der Waals surface area (Å²) in [6.07, 6.45) is 1.33. The Balaban J connectivity index is 2.21. The molecule has 0 atom stereocenters. The number of carbonyl (C=O) groups is 2. The molecule has 20 heavy (non-hydrogen) atoms. The van der Waals surface area contributed by atoms with Crippen molar-refractivity contribution in [3.8, 4) is 0 Å². The SMILES string of the molecule is COCCN(N)/C=C(\N)N1C(=O)c2ccccc2C1=O. The minimum absolute atomic E-state index is 0.0187. The fraction of sp³-hybridized carbons (Fsp3) is 0.231. The van der Waals surface area contributed by atoms with Crippen LogP contribution in [0.1, 0.15) is 20.7 Å². The van der Waals surface area contributed by atoms with E-state index in [0.29, 0.717) is 24.3 Å². The summed E-state index contributed by atoms with van der Waals surface area (Å²) in [5.74, 6) is 4.76. The zero-order chi connectivity index (χ0) is 14.7. The van der Waals surface area contributed by atoms with Crippen molar-refractivity contribution in [1.82, 2.24) is 9.91 Å². The second kappa shape index (κ2) is 5.72. The third-order valence-corrected chi connectivity index (χ3v) is 2.90. The first-order chi connectivity index (χ1) is 9.56. The number of hydrogen-bond acceptors (Lipinski definition) is 6. The predicted molar refractivity (Wildman–Crippen MR) is 72.0 cm³/mol. The molecule has 7 nitrogen and oxygen atoms in total. The molecule has 1 aromatic carbocycles. The first-order valence-electron chi connectivity index (χ1n) is 6.01. The molecule has 1 aliphatic heterocycles. The third kappa shape index (κ3) is 2.49. The van der Waals surface area contributed by atoms with E-state index in [0.717, 1.165) is 4.90 Å². The number of hydrazine groups is 1. The molecule has 2 amide bonds. The highest BCUT2D eigenvalue weighted by Gasteiger charge is 2.36. The number of fused-ring (bicyclic) bond motifs is 1. The van der Waals surface area contributed by atoms with Crippen LogP contribution in [0.5, 0.6) is 0 Å². The number of carbonyl (C=O) groups excluding carboxylic acids is 2. The fourth-order valence-electron chi connectivity index (χ4n) is 1.91. The normalized spacial score (nSPS) is 14.7. The Bertz CT molecular complexity index is 535. The van der Waals surface area contributed by atoms with E-state index in [1.807, 2.05) is 0 Å². The summed E-state index contributed by atoms with van der Waals surface area (Å²) in [4.78, 5) is 25.2. The largest absolute Gasteiger partial charge is 0.383 e. The average molecular weight is 276 g/mol. The Morgan fingerprint density at radius 3 is 2.35 bits per heavy atom. The van der Waals surface area contributed by atoms with Gasteiger partial charge in [-0.1, -0.05) is 12.1 Å². The zero-order valence-corrected chi connectivity index (χ0v) is 11.1. The van der Waals surface area contributed by atoms with Crippen LogP contribution < -0.4 is 11.6 Å². The molecular weight excluding hydrogens is 260 g/mol. The maximum atomic E-state index is 12.1. The third-order valence-electron chi connectivity index (χ3n) is 2.90. The zero-order valence-electron chi connectivity index (χ0n) is 11.1. The summed E-state index contributed by atoms with van der Waals surface area (Å²) in [6.45, 7) is 0.794. The van der Waals surface area contributed by atoms with Crippen molar-refractivity contribution in [1.29, 1.82) is 0 Å². The highest BCUT2D eigenvalue weighted by atomic mass is 16.5. The van der Waals surface area contributed by atoms with Gasteiger partial charge in [0.25, 0.3) is 11.8 Å². The van der Waals surface area contributed by atoms with Crippen molar-refractivity contribution in [2.45, 2.75) is 0 Å². The van der Waals surface area contributed by atoms with Gasteiger partial charge in [-0.25, -0.2) is 10.7 Å². The lowest BCUT2D eigenvalue weighted by Crippen LogP contribution is -2.37. The number of nitrogens with zero attached hydrogens (tertiary/aromatic N) is 2. The molecule has 0 saturated carbocycles. The van der Waals surface area contributed by atoms with Crippen LogP contribution in [0, 0.1) is 0 Å². The molecule has 7 heteroatoms. The Kier molecular flexibility index (Phi) is 4.02. The van der Waals surface area contributed by atoms with Gasteiger partial charge in [0.15, 0.2) is 0 Å². The lowest BCUT2D eigenvalue weighted by atomic mass is 10.1. The van der Waals surface area contributed by atoms with Crippen LogP contribution in [0.2, 0.25) is 0 Å². The fourth-order valence-corrected chi connectivity index (χ4v) is 1.91. The standard InChI is InChI=1S/C13H16N4O3/c1-20-7-6-16(15)8-11(14)17-12(18)9-4-2-3-5-10(9)13(17)19/h2-5,8H,6-7,14-15H2,1H3/b11-8+. The van der Waals surface area contributed by atoms with E-state index in [1.54, 1.807) is 31.4 Å². The number of imide groups is 1. The highest BCUT2D eigenvalue weighted by molar-refractivity contribution is 6.22. The molecule has 0 aliphatic carbocycles. The van der Waals surface area contributed by atoms with Crippen LogP contribution in [0.25, 0.3) is 0 Å². The molecule has 0 unspecified atom stereocenters. The number of hydrogen-bond donors (Lipinski definition) is 2. The van der Waals surface area contributed by atoms with Gasteiger partial charge in [-0.3, -0.25) is 9.59 Å². The quantitative estimate of drug-likeness (QED) is 0.441. The average Bonchev–Trinajstić information content (AvgIpc) is 2.69. The van der Waals surface area contributed by atoms with Gasteiger partial charge in [-0.15, -0.1) is 0 Å². The minimum Gasteiger partial charge on any atom is -0.383 e. The van der Waals surface area contributed by atoms with Gasteiger partial charge in [0.1, 0.15) is 5.82 Å². The number of ether oxygens (including phenoxy) is 1. The monoisotopic (exact) mass is 276 g/mol. The van der Waals surface area contributed by atoms with E-state index in [1.165, 1.54) is 11.2 Å². The molecule has 4 N–H and O–H groups in total. The van der Waals surface area contributed by atoms with Crippen molar-refractivity contribution in [2.24, 2.45) is 11.6 Å². The summed E-state index contributed by atoms with van der Waals surface area (Å²) in [5, 5.41) is 1.27. The summed E-state index contributed by atoms with van der Waals surface area (Å²) in [6, 6.07) is 6.57. The Labute approximate surface area is 116 Å². The van der Waals surface area contributed by atoms with Gasteiger partial charge in [0, 0.05) is 7.11 Å². The second-order valence-electron chi connectivity index (χ2n) is 4.28. The number of rotatable bonds is 5. The first kappa shape index (κ1) is 14.0. The molecule has 2 rings (SSSR count). The van der Waals surface area contributed by atoms with E-state index >= 15 is 0 Å². The highest BCUT2D eigenvalue weighted by Crippen LogP contribution is 2.24. The minimum atomic E-state index is -0.445. The van der Waals surface area contributed by atoms with Crippen LogP contribution in [0.15, 0.2) is 36.3 Å². The van der Waals surface area contributed by atoms with E-state index in [2.05, 4.69) is 0 Å². The Hall–Kier alpha value is -2.38. The first-order valence-corrected chi connectivity index (χ1v) is 6.01. The molecule has 1 aliphatic rings. The molecule has 1 aromatic rings. The number of amides is 2. The van der Waals surface area contributed by atoms with Crippen molar-refractivity contribution < 1.29 is 14.3 Å². The van der Waals surface area contributed by atoms with E-state index < -0.39 is 11.8 Å². The van der Waals surface area contributed by atoms with Crippen molar-refractivity contribution in [3.05, 3.63) is 47.4 Å². The number of benzene rings is 1. The molecule has 0 bridgehead atoms. The van der Waals surface area contributed by atoms with Crippen molar-refractivity contribution in [2.75, 3.05) is 20.3 Å². The molecule has 0 fully saturated rings. The Morgan fingerprint density at radius 2 is 1.85 bits per heavy atom. The molecule has 1 heterocycles. The second-order valence-corrected chi connectivity index (χ2v) is 4.28. The van der Waals surface area contributed by atoms with Crippen molar-refractivity contribution in [3.63, 3.8) is 0 Å². The van der Waals surface area contributed by atoms with Crippen LogP contribution in [0.3, 0.4) is 0 Å². The van der Waals surface area contributed by atoms with E-state index in [4.69, 9.17) is 16.3 Å². The van der Waals surface area contributed by atoms with Crippen LogP contribution in [-0.4, -0.2) is 42.0 Å². The smallest absolute Gasteiger partial charge is 0.267 e. The molecular formula is C13H16N4O3. The summed E-state index contributed by atoms with van der Waals surface area (Å²) in [5.41, 5.74) is 6.48.